The van der Waals surface area contributed by atoms with E-state index in [4.69, 9.17) is 0 Å². The summed E-state index contributed by atoms with van der Waals surface area (Å²) in [4.78, 5) is 55.2. The molecule has 4 aromatic rings. The van der Waals surface area contributed by atoms with Crippen LogP contribution < -0.4 is 26.4 Å². The van der Waals surface area contributed by atoms with Crippen LogP contribution >= 0.6 is 11.3 Å². The zero-order valence-corrected chi connectivity index (χ0v) is 22.0. The molecule has 0 bridgehead atoms. The normalized spacial score (nSPS) is 16.3. The highest BCUT2D eigenvalue weighted by atomic mass is 32.1. The first-order chi connectivity index (χ1) is 18.7. The zero-order chi connectivity index (χ0) is 27.6. The third-order valence-electron chi connectivity index (χ3n) is 6.50. The Labute approximate surface area is 228 Å². The summed E-state index contributed by atoms with van der Waals surface area (Å²) in [5, 5.41) is 12.0. The third kappa shape index (κ3) is 4.80. The quantitative estimate of drug-likeness (QED) is 0.217. The number of nitrogens with one attached hydrogen (secondary N) is 5. The minimum atomic E-state index is -1.81. The van der Waals surface area contributed by atoms with E-state index in [1.165, 1.54) is 16.3 Å². The lowest BCUT2D eigenvalue weighted by molar-refractivity contribution is -0.130. The third-order valence-corrected chi connectivity index (χ3v) is 7.42. The molecule has 1 unspecified atom stereocenters. The molecular formula is C28H26N6O4S. The number of benzene rings is 2. The average Bonchev–Trinajstić information content (AvgIpc) is 3.69. The van der Waals surface area contributed by atoms with E-state index in [-0.39, 0.29) is 11.3 Å². The molecule has 5 N–H and O–H groups in total. The number of anilines is 2. The first-order valence-corrected chi connectivity index (χ1v) is 13.0. The Bertz CT molecular complexity index is 1530. The van der Waals surface area contributed by atoms with Crippen molar-refractivity contribution in [3.63, 3.8) is 0 Å². The molecule has 1 aliphatic heterocycles. The number of para-hydroxylation sites is 1. The number of hydrazine groups is 1. The molecule has 3 heterocycles. The SMILES string of the molecule is CC(C)(NC(=O)C1(NC(=O)c2ccccc2NC(=O)c2cc[nH]c2)NN(C=O)c2sccc21)c1ccccc1. The highest BCUT2D eigenvalue weighted by Crippen LogP contribution is 2.40. The van der Waals surface area contributed by atoms with Crippen LogP contribution in [-0.4, -0.2) is 29.1 Å². The minimum Gasteiger partial charge on any atom is -0.367 e. The van der Waals surface area contributed by atoms with Crippen molar-refractivity contribution in [3.05, 3.63) is 107 Å². The largest absolute Gasteiger partial charge is 0.367 e. The Morgan fingerprint density at radius 1 is 0.974 bits per heavy atom. The van der Waals surface area contributed by atoms with Crippen molar-refractivity contribution in [1.82, 2.24) is 21.0 Å². The molecule has 39 heavy (non-hydrogen) atoms. The number of fused-ring (bicyclic) bond motifs is 1. The molecular weight excluding hydrogens is 516 g/mol. The van der Waals surface area contributed by atoms with Gasteiger partial charge in [0.2, 0.25) is 12.1 Å². The van der Waals surface area contributed by atoms with E-state index < -0.39 is 28.9 Å². The molecule has 198 valence electrons. The molecule has 5 rings (SSSR count). The summed E-state index contributed by atoms with van der Waals surface area (Å²) < 4.78 is 0. The second-order valence-corrected chi connectivity index (χ2v) is 10.4. The fourth-order valence-corrected chi connectivity index (χ4v) is 5.34. The molecule has 1 atom stereocenters. The first kappa shape index (κ1) is 25.9. The standard InChI is InChI=1S/C28H26N6O4S/c1-27(2,19-8-4-3-5-9-19)32-26(38)28(21-13-15-39-25(21)34(17-35)33-28)31-24(37)20-10-6-7-11-22(20)30-23(36)18-12-14-29-16-18/h3-17,29,33H,1-2H3,(H,30,36)(H,31,37)(H,32,38). The summed E-state index contributed by atoms with van der Waals surface area (Å²) in [6.07, 6.45) is 3.71. The Morgan fingerprint density at radius 3 is 2.44 bits per heavy atom. The van der Waals surface area contributed by atoms with Crippen LogP contribution in [0.5, 0.6) is 0 Å². The van der Waals surface area contributed by atoms with Crippen molar-refractivity contribution >= 4 is 46.2 Å². The lowest BCUT2D eigenvalue weighted by Gasteiger charge is -2.35. The summed E-state index contributed by atoms with van der Waals surface area (Å²) in [6.45, 7) is 3.70. The van der Waals surface area contributed by atoms with Gasteiger partial charge in [0, 0.05) is 18.0 Å². The zero-order valence-electron chi connectivity index (χ0n) is 21.1. The van der Waals surface area contributed by atoms with Crippen molar-refractivity contribution in [3.8, 4) is 0 Å². The van der Waals surface area contributed by atoms with Gasteiger partial charge in [-0.15, -0.1) is 11.3 Å². The first-order valence-electron chi connectivity index (χ1n) is 12.1. The van der Waals surface area contributed by atoms with Gasteiger partial charge in [-0.25, -0.2) is 5.01 Å². The van der Waals surface area contributed by atoms with Crippen LogP contribution in [0.1, 0.15) is 45.7 Å². The number of rotatable bonds is 8. The lowest BCUT2D eigenvalue weighted by atomic mass is 9.92. The van der Waals surface area contributed by atoms with E-state index in [1.807, 2.05) is 44.2 Å². The van der Waals surface area contributed by atoms with Crippen molar-refractivity contribution < 1.29 is 19.2 Å². The maximum absolute atomic E-state index is 14.1. The minimum absolute atomic E-state index is 0.138. The van der Waals surface area contributed by atoms with Crippen molar-refractivity contribution in [2.45, 2.75) is 25.0 Å². The number of carbonyl (C=O) groups is 4. The molecule has 11 heteroatoms. The molecule has 4 amide bonds. The molecule has 0 fully saturated rings. The molecule has 10 nitrogen and oxygen atoms in total. The van der Waals surface area contributed by atoms with E-state index >= 15 is 0 Å². The fourth-order valence-electron chi connectivity index (χ4n) is 4.46. The molecule has 0 saturated heterocycles. The Hall–Kier alpha value is -4.74. The number of nitrogens with zero attached hydrogens (tertiary/aromatic N) is 1. The Balaban J connectivity index is 1.49. The summed E-state index contributed by atoms with van der Waals surface area (Å²) in [5.41, 5.74) is 2.34. The number of H-pyrrole nitrogens is 1. The van der Waals surface area contributed by atoms with Gasteiger partial charge in [0.15, 0.2) is 0 Å². The van der Waals surface area contributed by atoms with Gasteiger partial charge in [0.05, 0.1) is 22.4 Å². The Kier molecular flexibility index (Phi) is 6.77. The number of carbonyl (C=O) groups excluding carboxylic acids is 4. The van der Waals surface area contributed by atoms with Crippen LogP contribution in [0.15, 0.2) is 84.5 Å². The van der Waals surface area contributed by atoms with Gasteiger partial charge in [0.25, 0.3) is 17.7 Å². The average molecular weight is 543 g/mol. The Morgan fingerprint density at radius 2 is 1.72 bits per heavy atom. The van der Waals surface area contributed by atoms with Crippen LogP contribution in [0.3, 0.4) is 0 Å². The summed E-state index contributed by atoms with van der Waals surface area (Å²) in [7, 11) is 0. The fraction of sp³-hybridized carbons (Fsp3) is 0.143. The molecule has 0 saturated carbocycles. The van der Waals surface area contributed by atoms with Crippen LogP contribution in [0.2, 0.25) is 0 Å². The topological polar surface area (TPSA) is 135 Å². The van der Waals surface area contributed by atoms with Crippen LogP contribution in [0.4, 0.5) is 10.7 Å². The number of aromatic nitrogens is 1. The van der Waals surface area contributed by atoms with E-state index in [0.29, 0.717) is 22.5 Å². The molecule has 1 aliphatic rings. The number of aromatic amines is 1. The van der Waals surface area contributed by atoms with E-state index in [2.05, 4.69) is 26.4 Å². The van der Waals surface area contributed by atoms with Gasteiger partial charge in [-0.1, -0.05) is 42.5 Å². The van der Waals surface area contributed by atoms with E-state index in [1.54, 1.807) is 54.2 Å². The van der Waals surface area contributed by atoms with Gasteiger partial charge in [-0.2, -0.15) is 5.43 Å². The van der Waals surface area contributed by atoms with Gasteiger partial charge in [-0.05, 0) is 49.1 Å². The monoisotopic (exact) mass is 542 g/mol. The number of hydrogen-bond donors (Lipinski definition) is 5. The molecule has 2 aromatic heterocycles. The molecule has 2 aromatic carbocycles. The maximum Gasteiger partial charge on any atom is 0.268 e. The number of thiophene rings is 1. The molecule has 0 aliphatic carbocycles. The van der Waals surface area contributed by atoms with Gasteiger partial charge < -0.3 is 20.9 Å². The van der Waals surface area contributed by atoms with E-state index in [9.17, 15) is 19.2 Å². The smallest absolute Gasteiger partial charge is 0.268 e. The predicted octanol–water partition coefficient (Wildman–Crippen LogP) is 3.44. The van der Waals surface area contributed by atoms with E-state index in [0.717, 1.165) is 5.56 Å². The summed E-state index contributed by atoms with van der Waals surface area (Å²) in [6, 6.07) is 19.2. The van der Waals surface area contributed by atoms with Crippen LogP contribution in [0.25, 0.3) is 0 Å². The second-order valence-electron chi connectivity index (χ2n) is 9.48. The van der Waals surface area contributed by atoms with Crippen molar-refractivity contribution in [2.24, 2.45) is 0 Å². The summed E-state index contributed by atoms with van der Waals surface area (Å²) in [5.74, 6) is -1.60. The van der Waals surface area contributed by atoms with Gasteiger partial charge in [-0.3, -0.25) is 19.2 Å². The van der Waals surface area contributed by atoms with Crippen LogP contribution in [0, 0.1) is 0 Å². The summed E-state index contributed by atoms with van der Waals surface area (Å²) >= 11 is 1.25. The van der Waals surface area contributed by atoms with Crippen LogP contribution in [-0.2, 0) is 20.8 Å². The highest BCUT2D eigenvalue weighted by Gasteiger charge is 2.52. The van der Waals surface area contributed by atoms with Crippen molar-refractivity contribution in [1.29, 1.82) is 0 Å². The highest BCUT2D eigenvalue weighted by molar-refractivity contribution is 7.14. The maximum atomic E-state index is 14.1. The number of hydrogen-bond acceptors (Lipinski definition) is 6. The number of amides is 4. The van der Waals surface area contributed by atoms with Gasteiger partial charge in [0.1, 0.15) is 5.00 Å². The predicted molar refractivity (Wildman–Crippen MR) is 148 cm³/mol. The van der Waals surface area contributed by atoms with Crippen molar-refractivity contribution in [2.75, 3.05) is 10.3 Å². The molecule has 0 spiro atoms. The van der Waals surface area contributed by atoms with Gasteiger partial charge >= 0.3 is 0 Å². The molecule has 0 radical (unpaired) electrons. The second kappa shape index (κ2) is 10.2. The lowest BCUT2D eigenvalue weighted by Crippen LogP contribution is -2.66.